The zero-order valence-electron chi connectivity index (χ0n) is 15.2. The number of nitrogens with two attached hydrogens (primary N) is 1. The quantitative estimate of drug-likeness (QED) is 0.702. The van der Waals surface area contributed by atoms with E-state index in [9.17, 15) is 4.39 Å². The van der Waals surface area contributed by atoms with Gasteiger partial charge in [0.2, 0.25) is 0 Å². The minimum atomic E-state index is -0.126. The monoisotopic (exact) mass is 410 g/mol. The van der Waals surface area contributed by atoms with Crippen LogP contribution in [0, 0.1) is 17.7 Å². The van der Waals surface area contributed by atoms with Gasteiger partial charge in [0.25, 0.3) is 0 Å². The van der Waals surface area contributed by atoms with Gasteiger partial charge in [0.05, 0.1) is 0 Å². The third kappa shape index (κ3) is 6.04. The molecule has 2 fully saturated rings. The fourth-order valence-electron chi connectivity index (χ4n) is 4.51. The number of hydrogen-bond acceptors (Lipinski definition) is 2. The van der Waals surface area contributed by atoms with Gasteiger partial charge >= 0.3 is 0 Å². The summed E-state index contributed by atoms with van der Waals surface area (Å²) >= 11 is 3.56. The first-order chi connectivity index (χ1) is 12.1. The van der Waals surface area contributed by atoms with Crippen molar-refractivity contribution in [1.29, 1.82) is 0 Å². The number of rotatable bonds is 6. The highest BCUT2D eigenvalue weighted by Crippen LogP contribution is 2.29. The Kier molecular flexibility index (Phi) is 7.32. The van der Waals surface area contributed by atoms with Crippen molar-refractivity contribution in [3.05, 3.63) is 34.1 Å². The highest BCUT2D eigenvalue weighted by atomic mass is 79.9. The third-order valence-corrected chi connectivity index (χ3v) is 6.98. The molecule has 4 heteroatoms. The van der Waals surface area contributed by atoms with E-state index in [0.717, 1.165) is 22.4 Å². The summed E-state index contributed by atoms with van der Waals surface area (Å²) in [6.07, 6.45) is 11.3. The van der Waals surface area contributed by atoms with E-state index in [1.807, 2.05) is 6.07 Å². The highest BCUT2D eigenvalue weighted by Gasteiger charge is 2.21. The van der Waals surface area contributed by atoms with Gasteiger partial charge < -0.3 is 10.6 Å². The summed E-state index contributed by atoms with van der Waals surface area (Å²) in [7, 11) is 0. The minimum absolute atomic E-state index is 0.126. The average Bonchev–Trinajstić information content (AvgIpc) is 2.61. The van der Waals surface area contributed by atoms with E-state index in [-0.39, 0.29) is 5.82 Å². The second-order valence-corrected chi connectivity index (χ2v) is 9.00. The Balaban J connectivity index is 1.34. The molecule has 1 aliphatic carbocycles. The van der Waals surface area contributed by atoms with E-state index in [1.54, 1.807) is 6.07 Å². The Morgan fingerprint density at radius 3 is 2.48 bits per heavy atom. The maximum atomic E-state index is 13.4. The minimum Gasteiger partial charge on any atom is -0.328 e. The average molecular weight is 411 g/mol. The molecule has 3 rings (SSSR count). The molecule has 0 amide bonds. The molecular formula is C21H32BrFN2. The predicted octanol–water partition coefficient (Wildman–Crippen LogP) is 5.14. The lowest BCUT2D eigenvalue weighted by Crippen LogP contribution is -2.35. The summed E-state index contributed by atoms with van der Waals surface area (Å²) in [5.74, 6) is 1.48. The lowest BCUT2D eigenvalue weighted by molar-refractivity contribution is 0.175. The SMILES string of the molecule is N[C@H]1CC[C@@H](CCCN2CCC(Cc3cc(F)ccc3Br)CC2)CC1. The first-order valence-corrected chi connectivity index (χ1v) is 10.8. The molecule has 140 valence electrons. The van der Waals surface area contributed by atoms with Crippen LogP contribution in [0.1, 0.15) is 56.9 Å². The predicted molar refractivity (Wildman–Crippen MR) is 106 cm³/mol. The van der Waals surface area contributed by atoms with E-state index < -0.39 is 0 Å². The van der Waals surface area contributed by atoms with Gasteiger partial charge in [0, 0.05) is 10.5 Å². The fourth-order valence-corrected chi connectivity index (χ4v) is 4.91. The second-order valence-electron chi connectivity index (χ2n) is 8.15. The molecule has 2 N–H and O–H groups in total. The second kappa shape index (κ2) is 9.48. The molecular weight excluding hydrogens is 379 g/mol. The van der Waals surface area contributed by atoms with Crippen molar-refractivity contribution in [2.75, 3.05) is 19.6 Å². The van der Waals surface area contributed by atoms with Crippen molar-refractivity contribution in [3.8, 4) is 0 Å². The van der Waals surface area contributed by atoms with Gasteiger partial charge in [-0.1, -0.05) is 15.9 Å². The Hall–Kier alpha value is -0.450. The van der Waals surface area contributed by atoms with E-state index in [2.05, 4.69) is 20.8 Å². The zero-order chi connectivity index (χ0) is 17.6. The molecule has 2 aliphatic rings. The molecule has 1 aromatic carbocycles. The summed E-state index contributed by atoms with van der Waals surface area (Å²) < 4.78 is 14.5. The molecule has 0 atom stereocenters. The smallest absolute Gasteiger partial charge is 0.123 e. The number of piperidine rings is 1. The van der Waals surface area contributed by atoms with E-state index in [4.69, 9.17) is 5.73 Å². The number of benzene rings is 1. The maximum absolute atomic E-state index is 13.4. The Morgan fingerprint density at radius 2 is 1.76 bits per heavy atom. The topological polar surface area (TPSA) is 29.3 Å². The molecule has 0 spiro atoms. The lowest BCUT2D eigenvalue weighted by Gasteiger charge is -2.33. The van der Waals surface area contributed by atoms with Gasteiger partial charge in [-0.15, -0.1) is 0 Å². The molecule has 25 heavy (non-hydrogen) atoms. The van der Waals surface area contributed by atoms with E-state index in [1.165, 1.54) is 77.1 Å². The van der Waals surface area contributed by atoms with Crippen LogP contribution >= 0.6 is 15.9 Å². The Bertz CT molecular complexity index is 535. The normalized spacial score (nSPS) is 26.0. The van der Waals surface area contributed by atoms with Crippen molar-refractivity contribution >= 4 is 15.9 Å². The molecule has 1 aliphatic heterocycles. The summed E-state index contributed by atoms with van der Waals surface area (Å²) in [6.45, 7) is 3.65. The van der Waals surface area contributed by atoms with Gasteiger partial charge in [0.1, 0.15) is 5.82 Å². The van der Waals surface area contributed by atoms with E-state index in [0.29, 0.717) is 12.0 Å². The maximum Gasteiger partial charge on any atom is 0.123 e. The van der Waals surface area contributed by atoms with E-state index >= 15 is 0 Å². The highest BCUT2D eigenvalue weighted by molar-refractivity contribution is 9.10. The Morgan fingerprint density at radius 1 is 1.04 bits per heavy atom. The van der Waals surface area contributed by atoms with Crippen molar-refractivity contribution < 1.29 is 4.39 Å². The molecule has 1 aromatic rings. The molecule has 2 nitrogen and oxygen atoms in total. The number of likely N-dealkylation sites (tertiary alicyclic amines) is 1. The molecule has 0 radical (unpaired) electrons. The van der Waals surface area contributed by atoms with Gasteiger partial charge in [-0.05, 0) is 113 Å². The summed E-state index contributed by atoms with van der Waals surface area (Å²) in [6, 6.07) is 5.51. The van der Waals surface area contributed by atoms with Crippen molar-refractivity contribution in [2.24, 2.45) is 17.6 Å². The summed E-state index contributed by atoms with van der Waals surface area (Å²) in [4.78, 5) is 2.63. The largest absolute Gasteiger partial charge is 0.328 e. The number of hydrogen-bond donors (Lipinski definition) is 1. The van der Waals surface area contributed by atoms with Crippen LogP contribution in [0.5, 0.6) is 0 Å². The summed E-state index contributed by atoms with van der Waals surface area (Å²) in [5, 5.41) is 0. The molecule has 1 heterocycles. The van der Waals surface area contributed by atoms with Gasteiger partial charge in [-0.25, -0.2) is 4.39 Å². The van der Waals surface area contributed by atoms with Crippen LogP contribution in [0.15, 0.2) is 22.7 Å². The molecule has 1 saturated heterocycles. The number of halogens is 2. The first-order valence-electron chi connectivity index (χ1n) is 10.0. The lowest BCUT2D eigenvalue weighted by atomic mass is 9.83. The fraction of sp³-hybridized carbons (Fsp3) is 0.714. The van der Waals surface area contributed by atoms with Crippen molar-refractivity contribution in [3.63, 3.8) is 0 Å². The van der Waals surface area contributed by atoms with Crippen LogP contribution in [0.3, 0.4) is 0 Å². The van der Waals surface area contributed by atoms with Crippen LogP contribution in [0.25, 0.3) is 0 Å². The van der Waals surface area contributed by atoms with Gasteiger partial charge in [0.15, 0.2) is 0 Å². The van der Waals surface area contributed by atoms with Gasteiger partial charge in [-0.3, -0.25) is 0 Å². The van der Waals surface area contributed by atoms with Crippen molar-refractivity contribution in [2.45, 2.75) is 63.8 Å². The molecule has 0 bridgehead atoms. The summed E-state index contributed by atoms with van der Waals surface area (Å²) in [5.41, 5.74) is 7.12. The zero-order valence-corrected chi connectivity index (χ0v) is 16.8. The molecule has 0 unspecified atom stereocenters. The number of nitrogens with zero attached hydrogens (tertiary/aromatic N) is 1. The standard InChI is InChI=1S/C21H32BrFN2/c22-21-8-5-19(23)15-18(21)14-17-9-12-25(13-10-17)11-1-2-16-3-6-20(24)7-4-16/h5,8,15-17,20H,1-4,6-7,9-14,24H2/t16-,20+. The van der Waals surface area contributed by atoms with Gasteiger partial charge in [-0.2, -0.15) is 0 Å². The van der Waals surface area contributed by atoms with Crippen LogP contribution in [-0.4, -0.2) is 30.6 Å². The first kappa shape index (κ1) is 19.3. The Labute approximate surface area is 160 Å². The van der Waals surface area contributed by atoms with Crippen LogP contribution in [0.4, 0.5) is 4.39 Å². The van der Waals surface area contributed by atoms with Crippen molar-refractivity contribution in [1.82, 2.24) is 4.90 Å². The van der Waals surface area contributed by atoms with Crippen LogP contribution < -0.4 is 5.73 Å². The molecule has 1 saturated carbocycles. The molecule has 0 aromatic heterocycles. The third-order valence-electron chi connectivity index (χ3n) is 6.20. The van der Waals surface area contributed by atoms with Crippen LogP contribution in [0.2, 0.25) is 0 Å². The van der Waals surface area contributed by atoms with Crippen LogP contribution in [-0.2, 0) is 6.42 Å².